The Balaban J connectivity index is 1.85. The van der Waals surface area contributed by atoms with Gasteiger partial charge in [-0.15, -0.1) is 0 Å². The van der Waals surface area contributed by atoms with Gasteiger partial charge in [0, 0.05) is 18.3 Å². The number of allylic oxidation sites excluding steroid dienone is 2. The lowest BCUT2D eigenvalue weighted by Gasteiger charge is -2.43. The van der Waals surface area contributed by atoms with Crippen LogP contribution in [0.3, 0.4) is 0 Å². The molecule has 82 valence electrons. The second-order valence-electron chi connectivity index (χ2n) is 5.06. The van der Waals surface area contributed by atoms with Crippen molar-refractivity contribution in [1.82, 2.24) is 0 Å². The Morgan fingerprint density at radius 1 is 1.33 bits per heavy atom. The summed E-state index contributed by atoms with van der Waals surface area (Å²) < 4.78 is 11.4. The second-order valence-corrected chi connectivity index (χ2v) is 5.06. The summed E-state index contributed by atoms with van der Waals surface area (Å²) in [7, 11) is 0. The van der Waals surface area contributed by atoms with Gasteiger partial charge in [0.1, 0.15) is 0 Å². The normalized spacial score (nSPS) is 42.5. The molecule has 2 atom stereocenters. The van der Waals surface area contributed by atoms with E-state index in [9.17, 15) is 4.79 Å². The van der Waals surface area contributed by atoms with Crippen molar-refractivity contribution in [2.45, 2.75) is 32.0 Å². The number of carbonyl (C=O) groups excluding carboxylic acids is 1. The lowest BCUT2D eigenvalue weighted by molar-refractivity contribution is -0.198. The molecule has 0 radical (unpaired) electrons. The molecule has 0 unspecified atom stereocenters. The summed E-state index contributed by atoms with van der Waals surface area (Å²) in [5, 5.41) is 0. The lowest BCUT2D eigenvalue weighted by atomic mass is 9.66. The summed E-state index contributed by atoms with van der Waals surface area (Å²) in [5.74, 6) is 0.205. The number of ether oxygens (including phenoxy) is 2. The van der Waals surface area contributed by atoms with Crippen molar-refractivity contribution in [3.05, 3.63) is 12.2 Å². The molecule has 0 N–H and O–H groups in total. The highest BCUT2D eigenvalue weighted by Crippen LogP contribution is 2.51. The molecule has 3 heteroatoms. The Labute approximate surface area is 89.4 Å². The molecule has 3 aliphatic rings. The van der Waals surface area contributed by atoms with E-state index in [1.807, 2.05) is 6.08 Å². The summed E-state index contributed by atoms with van der Waals surface area (Å²) in [4.78, 5) is 11.8. The van der Waals surface area contributed by atoms with Gasteiger partial charge >= 0.3 is 0 Å². The van der Waals surface area contributed by atoms with Crippen molar-refractivity contribution in [3.63, 3.8) is 0 Å². The molecule has 3 nitrogen and oxygen atoms in total. The molecule has 1 heterocycles. The van der Waals surface area contributed by atoms with Gasteiger partial charge in [0.2, 0.25) is 0 Å². The fourth-order valence-electron chi connectivity index (χ4n) is 3.04. The van der Waals surface area contributed by atoms with Gasteiger partial charge in [-0.25, -0.2) is 0 Å². The maximum Gasteiger partial charge on any atom is 0.169 e. The fraction of sp³-hybridized carbons (Fsp3) is 0.750. The lowest BCUT2D eigenvalue weighted by Crippen LogP contribution is -2.45. The highest BCUT2D eigenvalue weighted by Gasteiger charge is 2.53. The zero-order valence-electron chi connectivity index (χ0n) is 8.99. The average molecular weight is 208 g/mol. The van der Waals surface area contributed by atoms with Crippen molar-refractivity contribution >= 4 is 5.78 Å². The molecule has 2 fully saturated rings. The van der Waals surface area contributed by atoms with Gasteiger partial charge in [-0.1, -0.05) is 13.0 Å². The summed E-state index contributed by atoms with van der Waals surface area (Å²) in [5.41, 5.74) is -0.180. The highest BCUT2D eigenvalue weighted by molar-refractivity contribution is 5.97. The minimum Gasteiger partial charge on any atom is -0.348 e. The zero-order valence-corrected chi connectivity index (χ0v) is 8.99. The standard InChI is InChI=1S/C12H16O3/c1-11-4-5-12(14-6-7-15-12)8-9(11)2-3-10(11)13/h2-3,9H,4-8H2,1H3/t9-,11-/m1/s1. The third-order valence-corrected chi connectivity index (χ3v) is 4.23. The number of ketones is 1. The van der Waals surface area contributed by atoms with Crippen molar-refractivity contribution in [1.29, 1.82) is 0 Å². The second kappa shape index (κ2) is 2.92. The van der Waals surface area contributed by atoms with Crippen LogP contribution < -0.4 is 0 Å². The molecule has 0 aromatic carbocycles. The van der Waals surface area contributed by atoms with Crippen LogP contribution in [0.25, 0.3) is 0 Å². The molecule has 0 aromatic heterocycles. The van der Waals surface area contributed by atoms with Crippen LogP contribution in [0.15, 0.2) is 12.2 Å². The van der Waals surface area contributed by atoms with Crippen LogP contribution in [0.2, 0.25) is 0 Å². The van der Waals surface area contributed by atoms with E-state index in [2.05, 4.69) is 6.92 Å². The van der Waals surface area contributed by atoms with Gasteiger partial charge in [-0.2, -0.15) is 0 Å². The van der Waals surface area contributed by atoms with E-state index >= 15 is 0 Å². The van der Waals surface area contributed by atoms with Crippen LogP contribution in [0.1, 0.15) is 26.2 Å². The SMILES string of the molecule is C[C@@]12CCC3(C[C@H]1C=CC2=O)OCCO3. The predicted molar refractivity (Wildman–Crippen MR) is 54.2 cm³/mol. The van der Waals surface area contributed by atoms with E-state index in [1.54, 1.807) is 6.08 Å². The van der Waals surface area contributed by atoms with E-state index in [4.69, 9.17) is 9.47 Å². The molecule has 1 spiro atoms. The quantitative estimate of drug-likeness (QED) is 0.607. The Morgan fingerprint density at radius 2 is 2.07 bits per heavy atom. The summed E-state index contributed by atoms with van der Waals surface area (Å²) in [6.45, 7) is 3.46. The number of carbonyl (C=O) groups is 1. The largest absolute Gasteiger partial charge is 0.348 e. The van der Waals surface area contributed by atoms with Gasteiger partial charge in [0.05, 0.1) is 13.2 Å². The monoisotopic (exact) mass is 208 g/mol. The number of fused-ring (bicyclic) bond motifs is 1. The van der Waals surface area contributed by atoms with Crippen LogP contribution in [0.5, 0.6) is 0 Å². The van der Waals surface area contributed by atoms with Gasteiger partial charge in [0.25, 0.3) is 0 Å². The van der Waals surface area contributed by atoms with Crippen molar-refractivity contribution in [3.8, 4) is 0 Å². The third kappa shape index (κ3) is 1.23. The topological polar surface area (TPSA) is 35.5 Å². The van der Waals surface area contributed by atoms with E-state index in [-0.39, 0.29) is 17.0 Å². The first kappa shape index (κ1) is 9.55. The molecule has 0 amide bonds. The average Bonchev–Trinajstić information content (AvgIpc) is 2.78. The van der Waals surface area contributed by atoms with Crippen LogP contribution in [0.4, 0.5) is 0 Å². The van der Waals surface area contributed by atoms with Crippen molar-refractivity contribution < 1.29 is 14.3 Å². The van der Waals surface area contributed by atoms with Crippen LogP contribution in [-0.4, -0.2) is 24.8 Å². The fourth-order valence-corrected chi connectivity index (χ4v) is 3.04. The molecule has 0 bridgehead atoms. The molecule has 1 saturated carbocycles. The molecule has 15 heavy (non-hydrogen) atoms. The minimum atomic E-state index is -0.376. The molecule has 0 aromatic rings. The zero-order chi connectivity index (χ0) is 10.5. The minimum absolute atomic E-state index is 0.180. The maximum absolute atomic E-state index is 11.8. The van der Waals surface area contributed by atoms with Crippen molar-refractivity contribution in [2.75, 3.05) is 13.2 Å². The third-order valence-electron chi connectivity index (χ3n) is 4.23. The first-order valence-electron chi connectivity index (χ1n) is 5.65. The molecular formula is C12H16O3. The van der Waals surface area contributed by atoms with Gasteiger partial charge < -0.3 is 9.47 Å². The first-order chi connectivity index (χ1) is 7.15. The Hall–Kier alpha value is -0.670. The van der Waals surface area contributed by atoms with Gasteiger partial charge in [0.15, 0.2) is 11.6 Å². The van der Waals surface area contributed by atoms with E-state index < -0.39 is 0 Å². The van der Waals surface area contributed by atoms with Crippen LogP contribution >= 0.6 is 0 Å². The maximum atomic E-state index is 11.8. The van der Waals surface area contributed by atoms with E-state index in [0.717, 1.165) is 19.3 Å². The van der Waals surface area contributed by atoms with E-state index in [0.29, 0.717) is 19.1 Å². The number of hydrogen-bond donors (Lipinski definition) is 0. The van der Waals surface area contributed by atoms with Crippen LogP contribution in [-0.2, 0) is 14.3 Å². The Morgan fingerprint density at radius 3 is 2.80 bits per heavy atom. The molecule has 3 rings (SSSR count). The predicted octanol–water partition coefficient (Wildman–Crippen LogP) is 1.67. The summed E-state index contributed by atoms with van der Waals surface area (Å²) in [6.07, 6.45) is 6.34. The molecule has 2 aliphatic carbocycles. The molecule has 1 aliphatic heterocycles. The molecular weight excluding hydrogens is 192 g/mol. The Kier molecular flexibility index (Phi) is 1.86. The Bertz CT molecular complexity index is 328. The van der Waals surface area contributed by atoms with E-state index in [1.165, 1.54) is 0 Å². The van der Waals surface area contributed by atoms with Crippen LogP contribution in [0, 0.1) is 11.3 Å². The summed E-state index contributed by atoms with van der Waals surface area (Å²) in [6, 6.07) is 0. The van der Waals surface area contributed by atoms with Crippen molar-refractivity contribution in [2.24, 2.45) is 11.3 Å². The number of hydrogen-bond acceptors (Lipinski definition) is 3. The first-order valence-corrected chi connectivity index (χ1v) is 5.65. The highest BCUT2D eigenvalue weighted by atomic mass is 16.7. The number of rotatable bonds is 0. The van der Waals surface area contributed by atoms with Gasteiger partial charge in [-0.05, 0) is 18.4 Å². The summed E-state index contributed by atoms with van der Waals surface area (Å²) >= 11 is 0. The van der Waals surface area contributed by atoms with Gasteiger partial charge in [-0.3, -0.25) is 4.79 Å². The smallest absolute Gasteiger partial charge is 0.169 e. The molecule has 1 saturated heterocycles.